The van der Waals surface area contributed by atoms with Crippen LogP contribution in [0.5, 0.6) is 0 Å². The van der Waals surface area contributed by atoms with E-state index in [1.165, 1.54) is 48.5 Å². The molecule has 0 radical (unpaired) electrons. The molecule has 0 aliphatic heterocycles. The highest BCUT2D eigenvalue weighted by molar-refractivity contribution is 14.1. The molecule has 3 aliphatic rings. The maximum atomic E-state index is 2.42. The minimum Gasteiger partial charge on any atom is -0.0654 e. The van der Waals surface area contributed by atoms with Gasteiger partial charge in [-0.1, -0.05) is 51.2 Å². The van der Waals surface area contributed by atoms with E-state index in [0.717, 1.165) is 35.5 Å². The molecule has 162 valence electrons. The molecule has 1 heteroatoms. The van der Waals surface area contributed by atoms with E-state index in [-0.39, 0.29) is 0 Å². The first-order valence-electron chi connectivity index (χ1n) is 13.0. The average Bonchev–Trinajstić information content (AvgIpc) is 2.79. The van der Waals surface area contributed by atoms with Crippen molar-refractivity contribution in [2.75, 3.05) is 0 Å². The molecule has 0 bridgehead atoms. The first-order chi connectivity index (χ1) is 14.2. The zero-order chi connectivity index (χ0) is 20.1. The minimum atomic E-state index is 0.836. The van der Waals surface area contributed by atoms with Crippen LogP contribution in [-0.2, 0) is 0 Å². The van der Waals surface area contributed by atoms with Crippen LogP contribution in [0, 0.1) is 33.2 Å². The van der Waals surface area contributed by atoms with Crippen molar-refractivity contribution in [2.24, 2.45) is 29.6 Å². The monoisotopic (exact) mass is 506 g/mol. The lowest BCUT2D eigenvalue weighted by Gasteiger charge is -2.41. The van der Waals surface area contributed by atoms with Gasteiger partial charge in [-0.2, -0.15) is 0 Å². The average molecular weight is 507 g/mol. The number of rotatable bonds is 6. The lowest BCUT2D eigenvalue weighted by molar-refractivity contribution is 0.108. The second-order valence-electron chi connectivity index (χ2n) is 10.8. The quantitative estimate of drug-likeness (QED) is 0.337. The van der Waals surface area contributed by atoms with Crippen LogP contribution in [0.4, 0.5) is 0 Å². The number of hydrogen-bond donors (Lipinski definition) is 0. The largest absolute Gasteiger partial charge is 0.0654 e. The highest BCUT2D eigenvalue weighted by Gasteiger charge is 2.34. The van der Waals surface area contributed by atoms with Crippen molar-refractivity contribution in [2.45, 2.75) is 109 Å². The molecule has 0 N–H and O–H groups in total. The summed E-state index contributed by atoms with van der Waals surface area (Å²) < 4.78 is 1.37. The van der Waals surface area contributed by atoms with Crippen molar-refractivity contribution < 1.29 is 0 Å². The molecule has 1 aromatic carbocycles. The molecule has 0 saturated heterocycles. The highest BCUT2D eigenvalue weighted by atomic mass is 127. The summed E-state index contributed by atoms with van der Waals surface area (Å²) in [6.45, 7) is 2.35. The van der Waals surface area contributed by atoms with Crippen LogP contribution in [0.25, 0.3) is 0 Å². The third kappa shape index (κ3) is 6.01. The summed E-state index contributed by atoms with van der Waals surface area (Å²) in [5.41, 5.74) is 1.60. The number of halogens is 1. The molecule has 0 atom stereocenters. The Bertz CT molecular complexity index is 581. The van der Waals surface area contributed by atoms with Crippen LogP contribution in [-0.4, -0.2) is 0 Å². The second-order valence-corrected chi connectivity index (χ2v) is 12.0. The van der Waals surface area contributed by atoms with Crippen molar-refractivity contribution in [3.8, 4) is 0 Å². The van der Waals surface area contributed by atoms with E-state index in [4.69, 9.17) is 0 Å². The minimum absolute atomic E-state index is 0.836. The van der Waals surface area contributed by atoms with E-state index >= 15 is 0 Å². The molecule has 29 heavy (non-hydrogen) atoms. The molecule has 3 fully saturated rings. The summed E-state index contributed by atoms with van der Waals surface area (Å²) in [5.74, 6) is 6.19. The first kappa shape index (κ1) is 22.2. The van der Waals surface area contributed by atoms with Crippen LogP contribution < -0.4 is 0 Å². The highest BCUT2D eigenvalue weighted by Crippen LogP contribution is 2.47. The van der Waals surface area contributed by atoms with Crippen LogP contribution in [0.15, 0.2) is 24.3 Å². The Morgan fingerprint density at radius 3 is 1.59 bits per heavy atom. The number of benzene rings is 1. The van der Waals surface area contributed by atoms with Gasteiger partial charge in [-0.25, -0.2) is 0 Å². The summed E-state index contributed by atoms with van der Waals surface area (Å²) >= 11 is 2.42. The Balaban J connectivity index is 1.17. The standard InChI is InChI=1S/C28H43I/c1-2-3-4-21-5-7-22(8-6-21)23-9-11-24(12-10-23)25-13-15-26(16-14-25)27-17-19-28(29)20-18-27/h17-26H,2-16H2,1H3. The zero-order valence-corrected chi connectivity index (χ0v) is 20.9. The zero-order valence-electron chi connectivity index (χ0n) is 18.8. The molecule has 0 unspecified atom stereocenters. The number of hydrogen-bond acceptors (Lipinski definition) is 0. The second kappa shape index (κ2) is 11.0. The van der Waals surface area contributed by atoms with Gasteiger partial charge in [0.05, 0.1) is 0 Å². The van der Waals surface area contributed by atoms with E-state index in [0.29, 0.717) is 0 Å². The van der Waals surface area contributed by atoms with Gasteiger partial charge in [-0.05, 0) is 140 Å². The molecule has 0 nitrogen and oxygen atoms in total. The van der Waals surface area contributed by atoms with Crippen molar-refractivity contribution in [3.63, 3.8) is 0 Å². The van der Waals surface area contributed by atoms with E-state index in [2.05, 4.69) is 53.8 Å². The Kier molecular flexibility index (Phi) is 8.41. The summed E-state index contributed by atoms with van der Waals surface area (Å²) in [6, 6.07) is 9.35. The Morgan fingerprint density at radius 2 is 1.10 bits per heavy atom. The van der Waals surface area contributed by atoms with Crippen LogP contribution in [0.1, 0.15) is 115 Å². The van der Waals surface area contributed by atoms with Crippen molar-refractivity contribution in [1.82, 2.24) is 0 Å². The van der Waals surface area contributed by atoms with Gasteiger partial charge in [0, 0.05) is 3.57 Å². The molecule has 3 aliphatic carbocycles. The molecule has 3 saturated carbocycles. The molecule has 0 heterocycles. The first-order valence-corrected chi connectivity index (χ1v) is 14.1. The van der Waals surface area contributed by atoms with Gasteiger partial charge in [0.2, 0.25) is 0 Å². The van der Waals surface area contributed by atoms with E-state index < -0.39 is 0 Å². The van der Waals surface area contributed by atoms with Gasteiger partial charge >= 0.3 is 0 Å². The number of unbranched alkanes of at least 4 members (excludes halogenated alkanes) is 1. The molecule has 0 amide bonds. The summed E-state index contributed by atoms with van der Waals surface area (Å²) in [5, 5.41) is 0. The maximum absolute atomic E-state index is 2.42. The van der Waals surface area contributed by atoms with Crippen LogP contribution in [0.2, 0.25) is 0 Å². The van der Waals surface area contributed by atoms with Gasteiger partial charge in [0.15, 0.2) is 0 Å². The molecule has 4 rings (SSSR count). The smallest absolute Gasteiger partial charge is 0.0130 e. The molecule has 1 aromatic rings. The SMILES string of the molecule is CCCCC1CCC(C2CCC(C3CCC(c4ccc(I)cc4)CC3)CC2)CC1. The van der Waals surface area contributed by atoms with Crippen molar-refractivity contribution in [1.29, 1.82) is 0 Å². The Labute approximate surface area is 194 Å². The Hall–Kier alpha value is -0.0500. The topological polar surface area (TPSA) is 0 Å². The van der Waals surface area contributed by atoms with Gasteiger partial charge < -0.3 is 0 Å². The fourth-order valence-electron chi connectivity index (χ4n) is 7.19. The molecule has 0 aromatic heterocycles. The lowest BCUT2D eigenvalue weighted by Crippen LogP contribution is -2.29. The van der Waals surface area contributed by atoms with Gasteiger partial charge in [-0.15, -0.1) is 0 Å². The van der Waals surface area contributed by atoms with Crippen molar-refractivity contribution in [3.05, 3.63) is 33.4 Å². The summed E-state index contributed by atoms with van der Waals surface area (Å²) in [4.78, 5) is 0. The van der Waals surface area contributed by atoms with Crippen LogP contribution >= 0.6 is 22.6 Å². The summed E-state index contributed by atoms with van der Waals surface area (Å²) in [6.07, 6.45) is 22.7. The normalized spacial score (nSPS) is 36.1. The van der Waals surface area contributed by atoms with E-state index in [1.54, 1.807) is 56.9 Å². The third-order valence-electron chi connectivity index (χ3n) is 9.12. The maximum Gasteiger partial charge on any atom is 0.0130 e. The van der Waals surface area contributed by atoms with Gasteiger partial charge in [-0.3, -0.25) is 0 Å². The molecule has 0 spiro atoms. The van der Waals surface area contributed by atoms with Gasteiger partial charge in [0.25, 0.3) is 0 Å². The molecular formula is C28H43I. The predicted octanol–water partition coefficient (Wildman–Crippen LogP) is 9.37. The van der Waals surface area contributed by atoms with E-state index in [9.17, 15) is 0 Å². The molecular weight excluding hydrogens is 463 g/mol. The predicted molar refractivity (Wildman–Crippen MR) is 134 cm³/mol. The van der Waals surface area contributed by atoms with Crippen molar-refractivity contribution >= 4 is 22.6 Å². The Morgan fingerprint density at radius 1 is 0.655 bits per heavy atom. The lowest BCUT2D eigenvalue weighted by atomic mass is 9.64. The third-order valence-corrected chi connectivity index (χ3v) is 9.84. The van der Waals surface area contributed by atoms with E-state index in [1.807, 2.05) is 0 Å². The fraction of sp³-hybridized carbons (Fsp3) is 0.786. The summed E-state index contributed by atoms with van der Waals surface area (Å²) in [7, 11) is 0. The van der Waals surface area contributed by atoms with Crippen LogP contribution in [0.3, 0.4) is 0 Å². The fourth-order valence-corrected chi connectivity index (χ4v) is 7.55. The van der Waals surface area contributed by atoms with Gasteiger partial charge in [0.1, 0.15) is 0 Å².